The monoisotopic (exact) mass is 367 g/mol. The SMILES string of the molecule is CC(CN1CCOCC1)NS(=O)(=O)C1CN(C(=O)c2ccccc2)C1. The molecule has 1 unspecified atom stereocenters. The van der Waals surface area contributed by atoms with Gasteiger partial charge in [-0.05, 0) is 19.1 Å². The van der Waals surface area contributed by atoms with E-state index >= 15 is 0 Å². The second kappa shape index (κ2) is 7.82. The predicted molar refractivity (Wildman–Crippen MR) is 94.9 cm³/mol. The maximum Gasteiger partial charge on any atom is 0.253 e. The Kier molecular flexibility index (Phi) is 5.73. The molecule has 7 nitrogen and oxygen atoms in total. The lowest BCUT2D eigenvalue weighted by atomic mass is 10.1. The lowest BCUT2D eigenvalue weighted by Gasteiger charge is -2.39. The van der Waals surface area contributed by atoms with Crippen LogP contribution in [0, 0.1) is 0 Å². The molecule has 1 aromatic rings. The van der Waals surface area contributed by atoms with Gasteiger partial charge in [-0.15, -0.1) is 0 Å². The molecule has 3 rings (SSSR count). The Hall–Kier alpha value is -1.48. The molecule has 2 heterocycles. The van der Waals surface area contributed by atoms with Crippen molar-refractivity contribution in [2.75, 3.05) is 45.9 Å². The summed E-state index contributed by atoms with van der Waals surface area (Å²) in [6, 6.07) is 8.77. The summed E-state index contributed by atoms with van der Waals surface area (Å²) in [6.45, 7) is 6.07. The van der Waals surface area contributed by atoms with Crippen LogP contribution in [0.4, 0.5) is 0 Å². The van der Waals surface area contributed by atoms with Crippen molar-refractivity contribution < 1.29 is 17.9 Å². The fourth-order valence-electron chi connectivity index (χ4n) is 3.15. The first-order valence-corrected chi connectivity index (χ1v) is 10.2. The van der Waals surface area contributed by atoms with E-state index in [1.54, 1.807) is 29.2 Å². The third kappa shape index (κ3) is 4.58. The number of likely N-dealkylation sites (tertiary alicyclic amines) is 1. The summed E-state index contributed by atoms with van der Waals surface area (Å²) >= 11 is 0. The molecule has 2 aliphatic rings. The number of nitrogens with zero attached hydrogens (tertiary/aromatic N) is 2. The minimum Gasteiger partial charge on any atom is -0.379 e. The Bertz CT molecular complexity index is 683. The van der Waals surface area contributed by atoms with E-state index in [9.17, 15) is 13.2 Å². The highest BCUT2D eigenvalue weighted by atomic mass is 32.2. The van der Waals surface area contributed by atoms with Crippen molar-refractivity contribution in [3.05, 3.63) is 35.9 Å². The number of benzene rings is 1. The first-order chi connectivity index (χ1) is 12.0. The standard InChI is InChI=1S/C17H25N3O4S/c1-14(11-19-7-9-24-10-8-19)18-25(22,23)16-12-20(13-16)17(21)15-5-3-2-4-6-15/h2-6,14,16,18H,7-13H2,1H3. The van der Waals surface area contributed by atoms with Crippen LogP contribution in [0.2, 0.25) is 0 Å². The zero-order valence-electron chi connectivity index (χ0n) is 14.4. The number of amides is 1. The van der Waals surface area contributed by atoms with Crippen LogP contribution in [-0.2, 0) is 14.8 Å². The molecule has 0 bridgehead atoms. The highest BCUT2D eigenvalue weighted by Gasteiger charge is 2.40. The van der Waals surface area contributed by atoms with Crippen LogP contribution in [-0.4, -0.2) is 81.4 Å². The van der Waals surface area contributed by atoms with Gasteiger partial charge in [0.15, 0.2) is 0 Å². The van der Waals surface area contributed by atoms with Gasteiger partial charge in [0, 0.05) is 44.3 Å². The first-order valence-electron chi connectivity index (χ1n) is 8.61. The maximum absolute atomic E-state index is 12.5. The number of sulfonamides is 1. The Labute approximate surface area is 149 Å². The number of hydrogen-bond donors (Lipinski definition) is 1. The molecule has 1 N–H and O–H groups in total. The molecule has 25 heavy (non-hydrogen) atoms. The molecule has 138 valence electrons. The van der Waals surface area contributed by atoms with E-state index in [0.717, 1.165) is 13.1 Å². The number of ether oxygens (including phenoxy) is 1. The number of carbonyl (C=O) groups excluding carboxylic acids is 1. The minimum absolute atomic E-state index is 0.117. The number of nitrogens with one attached hydrogen (secondary N) is 1. The molecule has 1 atom stereocenters. The van der Waals surface area contributed by atoms with Crippen molar-refractivity contribution >= 4 is 15.9 Å². The van der Waals surface area contributed by atoms with E-state index in [-0.39, 0.29) is 25.0 Å². The van der Waals surface area contributed by atoms with Crippen molar-refractivity contribution in [3.8, 4) is 0 Å². The molecule has 2 aliphatic heterocycles. The maximum atomic E-state index is 12.5. The Balaban J connectivity index is 1.48. The molecule has 0 radical (unpaired) electrons. The molecular formula is C17H25N3O4S. The molecule has 1 amide bonds. The van der Waals surface area contributed by atoms with Crippen molar-refractivity contribution in [1.82, 2.24) is 14.5 Å². The van der Waals surface area contributed by atoms with Gasteiger partial charge in [0.2, 0.25) is 10.0 Å². The van der Waals surface area contributed by atoms with Gasteiger partial charge in [-0.25, -0.2) is 13.1 Å². The lowest BCUT2D eigenvalue weighted by molar-refractivity contribution is 0.0353. The van der Waals surface area contributed by atoms with E-state index < -0.39 is 15.3 Å². The quantitative estimate of drug-likeness (QED) is 0.774. The van der Waals surface area contributed by atoms with Crippen LogP contribution in [0.25, 0.3) is 0 Å². The van der Waals surface area contributed by atoms with E-state index in [2.05, 4.69) is 9.62 Å². The summed E-state index contributed by atoms with van der Waals surface area (Å²) in [5, 5.41) is -0.535. The van der Waals surface area contributed by atoms with E-state index in [0.29, 0.717) is 25.3 Å². The summed E-state index contributed by atoms with van der Waals surface area (Å²) in [6.07, 6.45) is 0. The summed E-state index contributed by atoms with van der Waals surface area (Å²) in [4.78, 5) is 16.0. The Morgan fingerprint density at radius 3 is 2.52 bits per heavy atom. The van der Waals surface area contributed by atoms with E-state index in [4.69, 9.17) is 4.74 Å². The largest absolute Gasteiger partial charge is 0.379 e. The Morgan fingerprint density at radius 1 is 1.24 bits per heavy atom. The second-order valence-corrected chi connectivity index (χ2v) is 8.67. The smallest absolute Gasteiger partial charge is 0.253 e. The molecule has 0 aromatic heterocycles. The molecule has 1 aromatic carbocycles. The third-order valence-electron chi connectivity index (χ3n) is 4.60. The normalized spacial score (nSPS) is 20.9. The van der Waals surface area contributed by atoms with Crippen LogP contribution < -0.4 is 4.72 Å². The van der Waals surface area contributed by atoms with Gasteiger partial charge < -0.3 is 9.64 Å². The zero-order chi connectivity index (χ0) is 17.9. The van der Waals surface area contributed by atoms with Crippen LogP contribution >= 0.6 is 0 Å². The highest BCUT2D eigenvalue weighted by Crippen LogP contribution is 2.19. The van der Waals surface area contributed by atoms with Crippen molar-refractivity contribution in [3.63, 3.8) is 0 Å². The number of morpholine rings is 1. The zero-order valence-corrected chi connectivity index (χ0v) is 15.2. The average Bonchev–Trinajstić information content (AvgIpc) is 2.54. The predicted octanol–water partition coefficient (Wildman–Crippen LogP) is 0.151. The van der Waals surface area contributed by atoms with Gasteiger partial charge in [0.25, 0.3) is 5.91 Å². The van der Waals surface area contributed by atoms with Gasteiger partial charge in [-0.3, -0.25) is 9.69 Å². The van der Waals surface area contributed by atoms with Crippen molar-refractivity contribution in [1.29, 1.82) is 0 Å². The second-order valence-electron chi connectivity index (χ2n) is 6.68. The van der Waals surface area contributed by atoms with Crippen LogP contribution in [0.3, 0.4) is 0 Å². The van der Waals surface area contributed by atoms with Gasteiger partial charge in [-0.1, -0.05) is 18.2 Å². The summed E-state index contributed by atoms with van der Waals surface area (Å²) in [5.41, 5.74) is 0.590. The number of hydrogen-bond acceptors (Lipinski definition) is 5. The molecule has 8 heteroatoms. The van der Waals surface area contributed by atoms with Gasteiger partial charge >= 0.3 is 0 Å². The summed E-state index contributed by atoms with van der Waals surface area (Å²) in [7, 11) is -3.42. The molecule has 0 saturated carbocycles. The molecule has 0 spiro atoms. The Morgan fingerprint density at radius 2 is 1.88 bits per heavy atom. The molecule has 2 saturated heterocycles. The van der Waals surface area contributed by atoms with Gasteiger partial charge in [0.1, 0.15) is 5.25 Å². The topological polar surface area (TPSA) is 79.0 Å². The van der Waals surface area contributed by atoms with Crippen molar-refractivity contribution in [2.45, 2.75) is 18.2 Å². The molecule has 0 aliphatic carbocycles. The number of carbonyl (C=O) groups is 1. The van der Waals surface area contributed by atoms with E-state index in [1.807, 2.05) is 13.0 Å². The van der Waals surface area contributed by atoms with E-state index in [1.165, 1.54) is 0 Å². The molecular weight excluding hydrogens is 342 g/mol. The summed E-state index contributed by atoms with van der Waals surface area (Å²) in [5.74, 6) is -0.117. The van der Waals surface area contributed by atoms with Crippen LogP contribution in [0.5, 0.6) is 0 Å². The number of rotatable bonds is 6. The summed E-state index contributed by atoms with van der Waals surface area (Å²) < 4.78 is 33.0. The van der Waals surface area contributed by atoms with Gasteiger partial charge in [0.05, 0.1) is 13.2 Å². The fraction of sp³-hybridized carbons (Fsp3) is 0.588. The first kappa shape index (κ1) is 18.3. The van der Waals surface area contributed by atoms with Crippen LogP contribution in [0.1, 0.15) is 17.3 Å². The van der Waals surface area contributed by atoms with Crippen molar-refractivity contribution in [2.24, 2.45) is 0 Å². The highest BCUT2D eigenvalue weighted by molar-refractivity contribution is 7.90. The average molecular weight is 367 g/mol. The lowest BCUT2D eigenvalue weighted by Crippen LogP contribution is -2.60. The minimum atomic E-state index is -3.42. The fourth-order valence-corrected chi connectivity index (χ4v) is 4.73. The van der Waals surface area contributed by atoms with Crippen LogP contribution in [0.15, 0.2) is 30.3 Å². The third-order valence-corrected chi connectivity index (χ3v) is 6.50. The molecule has 2 fully saturated rings. The van der Waals surface area contributed by atoms with Gasteiger partial charge in [-0.2, -0.15) is 0 Å².